The van der Waals surface area contributed by atoms with Crippen molar-refractivity contribution in [3.63, 3.8) is 0 Å². The summed E-state index contributed by atoms with van der Waals surface area (Å²) in [5, 5.41) is 12.6. The molecular weight excluding hydrogens is 480 g/mol. The van der Waals surface area contributed by atoms with Crippen molar-refractivity contribution in [3.05, 3.63) is 71.2 Å². The standard InChI is InChI=1S/C23H25BrN2O4S/c24-20-8-6-19-15-22(9-7-18(19)14-20)30-17-21(27)16-25-10-12-26(13-11-25)31(28,29)23-4-2-1-3-5-23/h1-9,14-15,21,27H,10-13,16-17H2/t21-/m0/s1. The summed E-state index contributed by atoms with van der Waals surface area (Å²) < 4.78 is 33.8. The molecule has 0 aromatic heterocycles. The molecule has 0 unspecified atom stereocenters. The van der Waals surface area contributed by atoms with E-state index < -0.39 is 16.1 Å². The van der Waals surface area contributed by atoms with E-state index in [0.29, 0.717) is 43.4 Å². The molecule has 0 amide bonds. The summed E-state index contributed by atoms with van der Waals surface area (Å²) in [6.45, 7) is 2.60. The van der Waals surface area contributed by atoms with Gasteiger partial charge in [0, 0.05) is 37.2 Å². The van der Waals surface area contributed by atoms with E-state index in [1.54, 1.807) is 30.3 Å². The van der Waals surface area contributed by atoms with Crippen LogP contribution in [0.15, 0.2) is 76.1 Å². The van der Waals surface area contributed by atoms with E-state index in [0.717, 1.165) is 15.2 Å². The smallest absolute Gasteiger partial charge is 0.243 e. The Morgan fingerprint density at radius 1 is 0.935 bits per heavy atom. The Morgan fingerprint density at radius 2 is 1.61 bits per heavy atom. The molecular formula is C23H25BrN2O4S. The number of hydrogen-bond acceptors (Lipinski definition) is 5. The third-order valence-corrected chi connectivity index (χ3v) is 7.80. The average molecular weight is 505 g/mol. The van der Waals surface area contributed by atoms with E-state index in [1.807, 2.05) is 36.4 Å². The number of hydrogen-bond donors (Lipinski definition) is 1. The van der Waals surface area contributed by atoms with Crippen molar-refractivity contribution >= 4 is 36.7 Å². The molecule has 3 aromatic rings. The molecule has 1 heterocycles. The van der Waals surface area contributed by atoms with Crippen molar-refractivity contribution < 1.29 is 18.3 Å². The number of aliphatic hydroxyl groups is 1. The van der Waals surface area contributed by atoms with Crippen LogP contribution in [0.1, 0.15) is 0 Å². The molecule has 1 N–H and O–H groups in total. The van der Waals surface area contributed by atoms with Gasteiger partial charge < -0.3 is 9.84 Å². The van der Waals surface area contributed by atoms with E-state index >= 15 is 0 Å². The first-order chi connectivity index (χ1) is 14.9. The highest BCUT2D eigenvalue weighted by Gasteiger charge is 2.28. The molecule has 0 saturated carbocycles. The number of sulfonamides is 1. The van der Waals surface area contributed by atoms with Gasteiger partial charge in [-0.3, -0.25) is 4.90 Å². The number of β-amino-alcohol motifs (C(OH)–C–C–N with tert-alkyl or cyclic N) is 1. The monoisotopic (exact) mass is 504 g/mol. The Balaban J connectivity index is 1.26. The average Bonchev–Trinajstić information content (AvgIpc) is 2.78. The van der Waals surface area contributed by atoms with Crippen LogP contribution in [0.3, 0.4) is 0 Å². The first kappa shape index (κ1) is 22.2. The van der Waals surface area contributed by atoms with Crippen LogP contribution in [0.4, 0.5) is 0 Å². The molecule has 1 fully saturated rings. The van der Waals surface area contributed by atoms with Gasteiger partial charge in [0.05, 0.1) is 4.90 Å². The van der Waals surface area contributed by atoms with Crippen molar-refractivity contribution in [3.8, 4) is 5.75 Å². The lowest BCUT2D eigenvalue weighted by Gasteiger charge is -2.34. The number of fused-ring (bicyclic) bond motifs is 1. The maximum atomic E-state index is 12.7. The summed E-state index contributed by atoms with van der Waals surface area (Å²) in [7, 11) is -3.46. The molecule has 8 heteroatoms. The van der Waals surface area contributed by atoms with Crippen molar-refractivity contribution in [1.29, 1.82) is 0 Å². The van der Waals surface area contributed by atoms with Crippen molar-refractivity contribution in [1.82, 2.24) is 9.21 Å². The minimum Gasteiger partial charge on any atom is -0.491 e. The molecule has 31 heavy (non-hydrogen) atoms. The molecule has 6 nitrogen and oxygen atoms in total. The van der Waals surface area contributed by atoms with Crippen LogP contribution in [0.5, 0.6) is 5.75 Å². The normalized spacial score (nSPS) is 17.0. The highest BCUT2D eigenvalue weighted by molar-refractivity contribution is 9.10. The molecule has 1 atom stereocenters. The topological polar surface area (TPSA) is 70.1 Å². The number of benzene rings is 3. The number of rotatable bonds is 7. The first-order valence-electron chi connectivity index (χ1n) is 10.2. The Morgan fingerprint density at radius 3 is 2.35 bits per heavy atom. The van der Waals surface area contributed by atoms with Crippen LogP contribution in [0.2, 0.25) is 0 Å². The van der Waals surface area contributed by atoms with Crippen LogP contribution >= 0.6 is 15.9 Å². The second-order valence-corrected chi connectivity index (χ2v) is 10.5. The SMILES string of the molecule is O=S(=O)(c1ccccc1)N1CCN(C[C@H](O)COc2ccc3cc(Br)ccc3c2)CC1. The minimum absolute atomic E-state index is 0.185. The number of ether oxygens (including phenoxy) is 1. The summed E-state index contributed by atoms with van der Waals surface area (Å²) in [6, 6.07) is 20.4. The van der Waals surface area contributed by atoms with E-state index in [1.165, 1.54) is 4.31 Å². The van der Waals surface area contributed by atoms with Gasteiger partial charge >= 0.3 is 0 Å². The van der Waals surface area contributed by atoms with Gasteiger partial charge in [-0.05, 0) is 47.2 Å². The molecule has 1 saturated heterocycles. The predicted octanol–water partition coefficient (Wildman–Crippen LogP) is 3.35. The third-order valence-electron chi connectivity index (χ3n) is 5.40. The largest absolute Gasteiger partial charge is 0.491 e. The summed E-state index contributed by atoms with van der Waals surface area (Å²) in [6.07, 6.45) is -0.655. The van der Waals surface area contributed by atoms with Gasteiger partial charge in [-0.15, -0.1) is 0 Å². The van der Waals surface area contributed by atoms with Crippen LogP contribution in [0.25, 0.3) is 10.8 Å². The van der Waals surface area contributed by atoms with Gasteiger partial charge in [0.15, 0.2) is 0 Å². The van der Waals surface area contributed by atoms with E-state index in [9.17, 15) is 13.5 Å². The van der Waals surface area contributed by atoms with Gasteiger partial charge in [0.25, 0.3) is 0 Å². The quantitative estimate of drug-likeness (QED) is 0.534. The van der Waals surface area contributed by atoms with Crippen LogP contribution in [0, 0.1) is 0 Å². The molecule has 3 aromatic carbocycles. The van der Waals surface area contributed by atoms with E-state index in [2.05, 4.69) is 20.8 Å². The number of nitrogens with zero attached hydrogens (tertiary/aromatic N) is 2. The van der Waals surface area contributed by atoms with Gasteiger partial charge in [-0.1, -0.05) is 46.3 Å². The van der Waals surface area contributed by atoms with Crippen LogP contribution in [-0.4, -0.2) is 68.2 Å². The van der Waals surface area contributed by atoms with Crippen LogP contribution in [-0.2, 0) is 10.0 Å². The molecule has 1 aliphatic rings. The zero-order chi connectivity index (χ0) is 21.8. The summed E-state index contributed by atoms with van der Waals surface area (Å²) in [5.74, 6) is 0.715. The molecule has 0 aliphatic carbocycles. The Hall–Kier alpha value is -1.97. The third kappa shape index (κ3) is 5.45. The maximum absolute atomic E-state index is 12.7. The fraction of sp³-hybridized carbons (Fsp3) is 0.304. The second kappa shape index (κ2) is 9.67. The molecule has 4 rings (SSSR count). The molecule has 1 aliphatic heterocycles. The summed E-state index contributed by atoms with van der Waals surface area (Å²) in [4.78, 5) is 2.39. The van der Waals surface area contributed by atoms with Crippen LogP contribution < -0.4 is 4.74 Å². The number of aliphatic hydroxyl groups excluding tert-OH is 1. The Labute approximate surface area is 191 Å². The molecule has 0 bridgehead atoms. The highest BCUT2D eigenvalue weighted by Crippen LogP contribution is 2.24. The summed E-state index contributed by atoms with van der Waals surface area (Å²) >= 11 is 3.47. The Bertz CT molecular complexity index is 1130. The van der Waals surface area contributed by atoms with Crippen molar-refractivity contribution in [2.45, 2.75) is 11.0 Å². The highest BCUT2D eigenvalue weighted by atomic mass is 79.9. The predicted molar refractivity (Wildman–Crippen MR) is 125 cm³/mol. The lowest BCUT2D eigenvalue weighted by atomic mass is 10.1. The number of halogens is 1. The minimum atomic E-state index is -3.46. The lowest BCUT2D eigenvalue weighted by molar-refractivity contribution is 0.0569. The lowest BCUT2D eigenvalue weighted by Crippen LogP contribution is -2.50. The molecule has 0 spiro atoms. The fourth-order valence-electron chi connectivity index (χ4n) is 3.72. The summed E-state index contributed by atoms with van der Waals surface area (Å²) in [5.41, 5.74) is 0. The Kier molecular flexibility index (Phi) is 6.93. The van der Waals surface area contributed by atoms with Crippen molar-refractivity contribution in [2.24, 2.45) is 0 Å². The zero-order valence-corrected chi connectivity index (χ0v) is 19.4. The van der Waals surface area contributed by atoms with E-state index in [4.69, 9.17) is 4.74 Å². The van der Waals surface area contributed by atoms with Gasteiger partial charge in [-0.2, -0.15) is 4.31 Å². The van der Waals surface area contributed by atoms with Gasteiger partial charge in [0.2, 0.25) is 10.0 Å². The first-order valence-corrected chi connectivity index (χ1v) is 12.4. The molecule has 164 valence electrons. The fourth-order valence-corrected chi connectivity index (χ4v) is 5.54. The zero-order valence-electron chi connectivity index (χ0n) is 17.0. The van der Waals surface area contributed by atoms with Gasteiger partial charge in [0.1, 0.15) is 18.5 Å². The maximum Gasteiger partial charge on any atom is 0.243 e. The molecule has 0 radical (unpaired) electrons. The number of piperazine rings is 1. The second-order valence-electron chi connectivity index (χ2n) is 7.64. The van der Waals surface area contributed by atoms with Gasteiger partial charge in [-0.25, -0.2) is 8.42 Å². The van der Waals surface area contributed by atoms with Crippen molar-refractivity contribution in [2.75, 3.05) is 39.3 Å². The van der Waals surface area contributed by atoms with E-state index in [-0.39, 0.29) is 6.61 Å².